The molecule has 1 amide bonds. The van der Waals surface area contributed by atoms with E-state index in [0.29, 0.717) is 0 Å². The maximum Gasteiger partial charge on any atom is 0.404 e. The fraction of sp³-hybridized carbons (Fsp3) is 0.800. The molecule has 0 rings (SSSR count). The number of carbonyl (C=O) groups is 1. The van der Waals surface area contributed by atoms with Crippen LogP contribution in [0.3, 0.4) is 0 Å². The molecule has 0 saturated carbocycles. The zero-order valence-electron chi connectivity index (χ0n) is 6.60. The van der Waals surface area contributed by atoms with Crippen molar-refractivity contribution in [1.82, 2.24) is 5.32 Å². The van der Waals surface area contributed by atoms with Crippen LogP contribution in [0.5, 0.6) is 0 Å². The second kappa shape index (κ2) is 6.26. The fourth-order valence-corrected chi connectivity index (χ4v) is 0.651. The topological polar surface area (TPSA) is 107 Å². The number of amides is 1. The van der Waals surface area contributed by atoms with E-state index in [2.05, 4.69) is 15.3 Å². The van der Waals surface area contributed by atoms with Crippen molar-refractivity contribution < 1.29 is 14.6 Å². The van der Waals surface area contributed by atoms with Gasteiger partial charge in [0.25, 0.3) is 0 Å². The van der Waals surface area contributed by atoms with E-state index < -0.39 is 12.1 Å². The number of rotatable bonds is 5. The van der Waals surface area contributed by atoms with Crippen molar-refractivity contribution in [2.75, 3.05) is 20.3 Å². The van der Waals surface area contributed by atoms with Crippen LogP contribution in [0.15, 0.2) is 5.11 Å². The monoisotopic (exact) mass is 174 g/mol. The Hall–Kier alpha value is -1.46. The molecule has 0 spiro atoms. The lowest BCUT2D eigenvalue weighted by Gasteiger charge is -2.12. The zero-order chi connectivity index (χ0) is 9.40. The molecule has 0 fully saturated rings. The summed E-state index contributed by atoms with van der Waals surface area (Å²) in [5.41, 5.74) is 7.96. The van der Waals surface area contributed by atoms with Gasteiger partial charge in [0.1, 0.15) is 0 Å². The third-order valence-corrected chi connectivity index (χ3v) is 1.06. The minimum atomic E-state index is -1.16. The largest absolute Gasteiger partial charge is 0.465 e. The quantitative estimate of drug-likeness (QED) is 0.361. The Morgan fingerprint density at radius 2 is 2.58 bits per heavy atom. The maximum absolute atomic E-state index is 10.1. The number of ether oxygens (including phenoxy) is 1. The Balaban J connectivity index is 3.84. The molecule has 0 unspecified atom stereocenters. The number of hydrogen-bond acceptors (Lipinski definition) is 3. The number of nitrogens with zero attached hydrogens (tertiary/aromatic N) is 3. The highest BCUT2D eigenvalue weighted by molar-refractivity contribution is 5.64. The molecule has 7 heteroatoms. The van der Waals surface area contributed by atoms with Gasteiger partial charge >= 0.3 is 6.09 Å². The predicted molar refractivity (Wildman–Crippen MR) is 40.8 cm³/mol. The van der Waals surface area contributed by atoms with Crippen LogP contribution in [-0.2, 0) is 4.74 Å². The molecular formula is C5H10N4O3. The first-order valence-corrected chi connectivity index (χ1v) is 3.20. The molecule has 0 aliphatic carbocycles. The maximum atomic E-state index is 10.1. The Bertz CT molecular complexity index is 185. The molecule has 0 aromatic heterocycles. The van der Waals surface area contributed by atoms with Crippen molar-refractivity contribution in [3.63, 3.8) is 0 Å². The summed E-state index contributed by atoms with van der Waals surface area (Å²) in [6.45, 7) is 0.238. The lowest BCUT2D eigenvalue weighted by molar-refractivity contribution is 0.153. The van der Waals surface area contributed by atoms with Crippen LogP contribution in [0.1, 0.15) is 0 Å². The molecule has 0 radical (unpaired) electrons. The number of carboxylic acid groups (broad SMARTS) is 1. The highest BCUT2D eigenvalue weighted by atomic mass is 16.5. The van der Waals surface area contributed by atoms with Gasteiger partial charge in [-0.3, -0.25) is 0 Å². The van der Waals surface area contributed by atoms with E-state index in [-0.39, 0.29) is 13.2 Å². The van der Waals surface area contributed by atoms with Crippen LogP contribution >= 0.6 is 0 Å². The highest BCUT2D eigenvalue weighted by Crippen LogP contribution is 1.87. The average Bonchev–Trinajstić information content (AvgIpc) is 2.00. The summed E-state index contributed by atoms with van der Waals surface area (Å²) in [4.78, 5) is 12.6. The molecule has 0 aromatic carbocycles. The predicted octanol–water partition coefficient (Wildman–Crippen LogP) is 0.579. The van der Waals surface area contributed by atoms with Gasteiger partial charge in [-0.05, 0) is 5.53 Å². The SMILES string of the molecule is COC[C@H](CN=[N+]=[N-])NC(=O)O. The molecule has 1 atom stereocenters. The average molecular weight is 174 g/mol. The minimum Gasteiger partial charge on any atom is -0.465 e. The second-order valence-electron chi connectivity index (χ2n) is 2.02. The molecular weight excluding hydrogens is 164 g/mol. The van der Waals surface area contributed by atoms with E-state index in [9.17, 15) is 4.79 Å². The van der Waals surface area contributed by atoms with Crippen LogP contribution in [0, 0.1) is 0 Å². The summed E-state index contributed by atoms with van der Waals surface area (Å²) in [6, 6.07) is -0.483. The van der Waals surface area contributed by atoms with Crippen LogP contribution < -0.4 is 5.32 Å². The van der Waals surface area contributed by atoms with Crippen molar-refractivity contribution in [2.24, 2.45) is 5.11 Å². The molecule has 0 bridgehead atoms. The Morgan fingerprint density at radius 1 is 1.92 bits per heavy atom. The van der Waals surface area contributed by atoms with Crippen LogP contribution in [-0.4, -0.2) is 37.5 Å². The Kier molecular flexibility index (Phi) is 5.50. The van der Waals surface area contributed by atoms with Crippen molar-refractivity contribution in [1.29, 1.82) is 0 Å². The normalized spacial score (nSPS) is 11.4. The molecule has 0 aliphatic rings. The number of azide groups is 1. The lowest BCUT2D eigenvalue weighted by atomic mass is 10.3. The number of nitrogens with one attached hydrogen (secondary N) is 1. The molecule has 0 aromatic rings. The standard InChI is InChI=1S/C5H10N4O3/c1-12-3-4(2-7-9-6)8-5(10)11/h4,8H,2-3H2,1H3,(H,10,11)/t4-/m0/s1. The molecule has 2 N–H and O–H groups in total. The Morgan fingerprint density at radius 3 is 3.00 bits per heavy atom. The van der Waals surface area contributed by atoms with Gasteiger partial charge in [-0.2, -0.15) is 0 Å². The van der Waals surface area contributed by atoms with Gasteiger partial charge in [-0.1, -0.05) is 5.11 Å². The Labute approximate surface area is 69.0 Å². The first-order chi connectivity index (χ1) is 5.70. The van der Waals surface area contributed by atoms with Gasteiger partial charge in [0.2, 0.25) is 0 Å². The van der Waals surface area contributed by atoms with Crippen molar-refractivity contribution in [3.8, 4) is 0 Å². The van der Waals surface area contributed by atoms with Gasteiger partial charge in [0.05, 0.1) is 12.6 Å². The molecule has 12 heavy (non-hydrogen) atoms. The van der Waals surface area contributed by atoms with E-state index in [1.807, 2.05) is 0 Å². The van der Waals surface area contributed by atoms with E-state index >= 15 is 0 Å². The van der Waals surface area contributed by atoms with E-state index in [4.69, 9.17) is 15.4 Å². The van der Waals surface area contributed by atoms with Crippen LogP contribution in [0.2, 0.25) is 0 Å². The van der Waals surface area contributed by atoms with Crippen LogP contribution in [0.4, 0.5) is 4.79 Å². The van der Waals surface area contributed by atoms with Crippen molar-refractivity contribution in [2.45, 2.75) is 6.04 Å². The molecule has 0 heterocycles. The van der Waals surface area contributed by atoms with Crippen LogP contribution in [0.25, 0.3) is 10.4 Å². The van der Waals surface area contributed by atoms with E-state index in [1.54, 1.807) is 0 Å². The summed E-state index contributed by atoms with van der Waals surface area (Å²) in [7, 11) is 1.44. The smallest absolute Gasteiger partial charge is 0.404 e. The first kappa shape index (κ1) is 10.5. The first-order valence-electron chi connectivity index (χ1n) is 3.20. The lowest BCUT2D eigenvalue weighted by Crippen LogP contribution is -2.39. The van der Waals surface area contributed by atoms with Gasteiger partial charge in [0.15, 0.2) is 0 Å². The molecule has 68 valence electrons. The van der Waals surface area contributed by atoms with Gasteiger partial charge in [-0.15, -0.1) is 0 Å². The third-order valence-electron chi connectivity index (χ3n) is 1.06. The zero-order valence-corrected chi connectivity index (χ0v) is 6.60. The summed E-state index contributed by atoms with van der Waals surface area (Å²) in [5.74, 6) is 0. The van der Waals surface area contributed by atoms with Gasteiger partial charge < -0.3 is 15.2 Å². The van der Waals surface area contributed by atoms with Crippen molar-refractivity contribution >= 4 is 6.09 Å². The molecule has 0 saturated heterocycles. The number of methoxy groups -OCH3 is 1. The summed E-state index contributed by atoms with van der Waals surface area (Å²) in [5, 5.41) is 13.7. The summed E-state index contributed by atoms with van der Waals surface area (Å²) in [6.07, 6.45) is -1.16. The second-order valence-corrected chi connectivity index (χ2v) is 2.02. The molecule has 7 nitrogen and oxygen atoms in total. The fourth-order valence-electron chi connectivity index (χ4n) is 0.651. The highest BCUT2D eigenvalue weighted by Gasteiger charge is 2.08. The third kappa shape index (κ3) is 5.33. The minimum absolute atomic E-state index is 0.0522. The van der Waals surface area contributed by atoms with Crippen molar-refractivity contribution in [3.05, 3.63) is 10.4 Å². The van der Waals surface area contributed by atoms with E-state index in [1.165, 1.54) is 7.11 Å². The van der Waals surface area contributed by atoms with Gasteiger partial charge in [-0.25, -0.2) is 4.79 Å². The number of hydrogen-bond donors (Lipinski definition) is 2. The summed E-state index contributed by atoms with van der Waals surface area (Å²) < 4.78 is 4.69. The summed E-state index contributed by atoms with van der Waals surface area (Å²) >= 11 is 0. The van der Waals surface area contributed by atoms with Gasteiger partial charge in [0, 0.05) is 18.6 Å². The van der Waals surface area contributed by atoms with E-state index in [0.717, 1.165) is 0 Å². The molecule has 0 aliphatic heterocycles.